The van der Waals surface area contributed by atoms with E-state index in [-0.39, 0.29) is 25.3 Å². The van der Waals surface area contributed by atoms with E-state index < -0.39 is 43.3 Å². The standard InChI is InChI=1S/C20H29N3O7S/c1-6-7-13-22(31(28,29)18-11-9-8-10-17(18)23(26)27)14-12-16(15(2)24)21-19(25)30-20(3,4)5/h6,8-11,16,24H,1-2,7,12-14H2,3-5H3,(H,21,25)/t16-/m0/s1. The van der Waals surface area contributed by atoms with E-state index in [0.717, 1.165) is 16.4 Å². The van der Waals surface area contributed by atoms with E-state index in [1.54, 1.807) is 20.8 Å². The zero-order valence-electron chi connectivity index (χ0n) is 17.9. The average molecular weight is 456 g/mol. The molecule has 1 amide bonds. The molecular formula is C20H29N3O7S. The summed E-state index contributed by atoms with van der Waals surface area (Å²) in [6.07, 6.45) is 0.978. The summed E-state index contributed by atoms with van der Waals surface area (Å²) in [6.45, 7) is 11.9. The van der Waals surface area contributed by atoms with Gasteiger partial charge in [-0.2, -0.15) is 4.31 Å². The third-order valence-corrected chi connectivity index (χ3v) is 5.97. The molecule has 1 aromatic carbocycles. The lowest BCUT2D eigenvalue weighted by atomic mass is 10.1. The zero-order valence-corrected chi connectivity index (χ0v) is 18.7. The number of sulfonamides is 1. The van der Waals surface area contributed by atoms with Crippen LogP contribution in [0.4, 0.5) is 10.5 Å². The van der Waals surface area contributed by atoms with E-state index in [2.05, 4.69) is 18.5 Å². The van der Waals surface area contributed by atoms with Gasteiger partial charge in [0, 0.05) is 19.2 Å². The Kier molecular flexibility index (Phi) is 9.19. The molecule has 0 heterocycles. The van der Waals surface area contributed by atoms with Crippen molar-refractivity contribution in [3.63, 3.8) is 0 Å². The first-order valence-electron chi connectivity index (χ1n) is 9.51. The molecule has 2 N–H and O–H groups in total. The SMILES string of the molecule is C=CCCN(CC[C@H](NC(=O)OC(C)(C)C)C(=C)O)S(=O)(=O)c1ccccc1[N+](=O)[O-]. The molecule has 11 heteroatoms. The minimum atomic E-state index is -4.24. The highest BCUT2D eigenvalue weighted by molar-refractivity contribution is 7.89. The molecule has 0 spiro atoms. The number of alkyl carbamates (subject to hydrolysis) is 1. The second kappa shape index (κ2) is 10.9. The highest BCUT2D eigenvalue weighted by atomic mass is 32.2. The molecule has 1 rings (SSSR count). The number of nitro benzene ring substituents is 1. The normalized spacial score (nSPS) is 12.8. The van der Waals surface area contributed by atoms with Gasteiger partial charge in [0.25, 0.3) is 5.69 Å². The van der Waals surface area contributed by atoms with E-state index in [1.165, 1.54) is 18.2 Å². The number of hydrogen-bond acceptors (Lipinski definition) is 7. The van der Waals surface area contributed by atoms with Crippen LogP contribution >= 0.6 is 0 Å². The summed E-state index contributed by atoms with van der Waals surface area (Å²) < 4.78 is 32.5. The first kappa shape index (κ1) is 26.1. The Morgan fingerprint density at radius 1 is 1.35 bits per heavy atom. The Balaban J connectivity index is 3.11. The van der Waals surface area contributed by atoms with Gasteiger partial charge in [-0.25, -0.2) is 13.2 Å². The summed E-state index contributed by atoms with van der Waals surface area (Å²) in [5.41, 5.74) is -1.31. The number of carbonyl (C=O) groups excluding carboxylic acids is 1. The summed E-state index contributed by atoms with van der Waals surface area (Å²) in [5, 5.41) is 23.6. The number of carbonyl (C=O) groups is 1. The highest BCUT2D eigenvalue weighted by Crippen LogP contribution is 2.27. The Bertz CT molecular complexity index is 923. The molecule has 0 aliphatic rings. The van der Waals surface area contributed by atoms with Gasteiger partial charge in [0.2, 0.25) is 10.0 Å². The van der Waals surface area contributed by atoms with Crippen molar-refractivity contribution in [2.45, 2.75) is 50.2 Å². The summed E-state index contributed by atoms with van der Waals surface area (Å²) in [6, 6.07) is 4.06. The lowest BCUT2D eigenvalue weighted by molar-refractivity contribution is -0.387. The number of amides is 1. The Morgan fingerprint density at radius 2 is 1.97 bits per heavy atom. The molecule has 0 aromatic heterocycles. The number of aliphatic hydroxyl groups is 1. The summed E-state index contributed by atoms with van der Waals surface area (Å²) in [5.74, 6) is -0.377. The zero-order chi connectivity index (χ0) is 23.8. The fraction of sp³-hybridized carbons (Fsp3) is 0.450. The molecule has 172 valence electrons. The monoisotopic (exact) mass is 455 g/mol. The Labute approximate surface area is 182 Å². The largest absolute Gasteiger partial charge is 0.511 e. The third-order valence-electron chi connectivity index (χ3n) is 4.02. The second-order valence-electron chi connectivity index (χ2n) is 7.69. The first-order valence-corrected chi connectivity index (χ1v) is 11.0. The van der Waals surface area contributed by atoms with Crippen molar-refractivity contribution in [2.75, 3.05) is 13.1 Å². The van der Waals surface area contributed by atoms with E-state index in [9.17, 15) is 28.4 Å². The van der Waals surface area contributed by atoms with Gasteiger partial charge >= 0.3 is 6.09 Å². The van der Waals surface area contributed by atoms with Crippen LogP contribution in [0, 0.1) is 10.1 Å². The number of para-hydroxylation sites is 1. The predicted octanol–water partition coefficient (Wildman–Crippen LogP) is 3.52. The number of nitrogens with zero attached hydrogens (tertiary/aromatic N) is 2. The highest BCUT2D eigenvalue weighted by Gasteiger charge is 2.32. The van der Waals surface area contributed by atoms with Gasteiger partial charge < -0.3 is 15.2 Å². The maximum absolute atomic E-state index is 13.1. The maximum atomic E-state index is 13.1. The number of hydrogen-bond donors (Lipinski definition) is 2. The molecule has 0 unspecified atom stereocenters. The molecule has 1 atom stereocenters. The van der Waals surface area contributed by atoms with Gasteiger partial charge in [0.15, 0.2) is 4.90 Å². The first-order chi connectivity index (χ1) is 14.3. The van der Waals surface area contributed by atoms with E-state index in [4.69, 9.17) is 4.74 Å². The predicted molar refractivity (Wildman–Crippen MR) is 116 cm³/mol. The van der Waals surface area contributed by atoms with Crippen molar-refractivity contribution in [1.82, 2.24) is 9.62 Å². The van der Waals surface area contributed by atoms with Crippen molar-refractivity contribution in [3.05, 3.63) is 59.4 Å². The van der Waals surface area contributed by atoms with Crippen molar-refractivity contribution in [2.24, 2.45) is 0 Å². The summed E-state index contributed by atoms with van der Waals surface area (Å²) in [4.78, 5) is 22.1. The Hall–Kier alpha value is -2.92. The lowest BCUT2D eigenvalue weighted by Crippen LogP contribution is -2.43. The van der Waals surface area contributed by atoms with E-state index in [0.29, 0.717) is 6.42 Å². The van der Waals surface area contributed by atoms with Crippen LogP contribution in [0.25, 0.3) is 0 Å². The molecule has 0 bridgehead atoms. The number of rotatable bonds is 11. The van der Waals surface area contributed by atoms with Crippen LogP contribution in [-0.4, -0.2) is 53.6 Å². The number of benzene rings is 1. The molecule has 0 saturated carbocycles. The Morgan fingerprint density at radius 3 is 2.48 bits per heavy atom. The lowest BCUT2D eigenvalue weighted by Gasteiger charge is -2.26. The summed E-state index contributed by atoms with van der Waals surface area (Å²) >= 11 is 0. The summed E-state index contributed by atoms with van der Waals surface area (Å²) in [7, 11) is -4.24. The van der Waals surface area contributed by atoms with Gasteiger partial charge in [0.1, 0.15) is 11.4 Å². The number of aliphatic hydroxyl groups excluding tert-OH is 1. The molecule has 0 saturated heterocycles. The van der Waals surface area contributed by atoms with E-state index >= 15 is 0 Å². The van der Waals surface area contributed by atoms with Crippen LogP contribution in [-0.2, 0) is 14.8 Å². The quantitative estimate of drug-likeness (QED) is 0.225. The van der Waals surface area contributed by atoms with Gasteiger partial charge in [-0.1, -0.05) is 24.8 Å². The molecule has 1 aromatic rings. The van der Waals surface area contributed by atoms with Crippen LogP contribution in [0.3, 0.4) is 0 Å². The van der Waals surface area contributed by atoms with Crippen LogP contribution < -0.4 is 5.32 Å². The van der Waals surface area contributed by atoms with Crippen molar-refractivity contribution in [1.29, 1.82) is 0 Å². The molecule has 10 nitrogen and oxygen atoms in total. The number of nitrogens with one attached hydrogen (secondary N) is 1. The molecular weight excluding hydrogens is 426 g/mol. The maximum Gasteiger partial charge on any atom is 0.408 e. The van der Waals surface area contributed by atoms with Gasteiger partial charge in [0.05, 0.1) is 11.0 Å². The van der Waals surface area contributed by atoms with Gasteiger partial charge in [-0.15, -0.1) is 6.58 Å². The van der Waals surface area contributed by atoms with Crippen molar-refractivity contribution < 1.29 is 28.0 Å². The average Bonchev–Trinajstić information content (AvgIpc) is 2.65. The molecule has 0 fully saturated rings. The minimum Gasteiger partial charge on any atom is -0.511 e. The third kappa shape index (κ3) is 8.02. The van der Waals surface area contributed by atoms with Crippen molar-refractivity contribution in [3.8, 4) is 0 Å². The topological polar surface area (TPSA) is 139 Å². The van der Waals surface area contributed by atoms with Gasteiger partial charge in [-0.05, 0) is 39.7 Å². The second-order valence-corrected chi connectivity index (χ2v) is 9.59. The molecule has 31 heavy (non-hydrogen) atoms. The smallest absolute Gasteiger partial charge is 0.408 e. The van der Waals surface area contributed by atoms with Crippen molar-refractivity contribution >= 4 is 21.8 Å². The number of ether oxygens (including phenoxy) is 1. The van der Waals surface area contributed by atoms with Crippen LogP contribution in [0.1, 0.15) is 33.6 Å². The molecule has 0 aliphatic heterocycles. The van der Waals surface area contributed by atoms with Crippen LogP contribution in [0.2, 0.25) is 0 Å². The van der Waals surface area contributed by atoms with Crippen LogP contribution in [0.15, 0.2) is 54.2 Å². The van der Waals surface area contributed by atoms with Gasteiger partial charge in [-0.3, -0.25) is 10.1 Å². The minimum absolute atomic E-state index is 0.00887. The molecule has 0 radical (unpaired) electrons. The number of nitro groups is 1. The van der Waals surface area contributed by atoms with E-state index in [1.807, 2.05) is 0 Å². The molecule has 0 aliphatic carbocycles. The fourth-order valence-corrected chi connectivity index (χ4v) is 4.22. The fourth-order valence-electron chi connectivity index (χ4n) is 2.60. The van der Waals surface area contributed by atoms with Crippen LogP contribution in [0.5, 0.6) is 0 Å².